The molecule has 0 fully saturated rings. The van der Waals surface area contributed by atoms with E-state index in [-0.39, 0.29) is 29.9 Å². The molecule has 0 spiro atoms. The lowest BCUT2D eigenvalue weighted by molar-refractivity contribution is -0.121. The summed E-state index contributed by atoms with van der Waals surface area (Å²) in [5.41, 5.74) is 1.10. The Hall–Kier alpha value is -1.61. The van der Waals surface area contributed by atoms with Crippen molar-refractivity contribution in [1.29, 1.82) is 0 Å². The summed E-state index contributed by atoms with van der Waals surface area (Å²) >= 11 is 1.75. The molecule has 0 saturated carbocycles. The van der Waals surface area contributed by atoms with Gasteiger partial charge in [0.15, 0.2) is 5.96 Å². The average Bonchev–Trinajstić information content (AvgIpc) is 3.13. The van der Waals surface area contributed by atoms with E-state index in [1.165, 1.54) is 4.88 Å². The molecule has 1 aromatic heterocycles. The van der Waals surface area contributed by atoms with Crippen LogP contribution in [0.4, 0.5) is 0 Å². The number of benzene rings is 1. The SMILES string of the molecule is CN=C(NCCC(=O)NCc1ccccc1)NCCc1cccs1.I. The lowest BCUT2D eigenvalue weighted by atomic mass is 10.2. The maximum absolute atomic E-state index is 11.8. The molecule has 5 nitrogen and oxygen atoms in total. The predicted octanol–water partition coefficient (Wildman–Crippen LogP) is 2.78. The molecule has 0 unspecified atom stereocenters. The van der Waals surface area contributed by atoms with Gasteiger partial charge in [-0.2, -0.15) is 0 Å². The van der Waals surface area contributed by atoms with E-state index in [0.717, 1.165) is 24.5 Å². The minimum Gasteiger partial charge on any atom is -0.356 e. The first-order valence-electron chi connectivity index (χ1n) is 8.05. The summed E-state index contributed by atoms with van der Waals surface area (Å²) in [7, 11) is 1.73. The zero-order valence-corrected chi connectivity index (χ0v) is 17.5. The van der Waals surface area contributed by atoms with Crippen molar-refractivity contribution in [3.05, 3.63) is 58.3 Å². The molecule has 7 heteroatoms. The fourth-order valence-electron chi connectivity index (χ4n) is 2.16. The maximum atomic E-state index is 11.8. The number of nitrogens with zero attached hydrogens (tertiary/aromatic N) is 1. The molecule has 0 aliphatic carbocycles. The van der Waals surface area contributed by atoms with Gasteiger partial charge >= 0.3 is 0 Å². The minimum absolute atomic E-state index is 0. The molecule has 136 valence electrons. The van der Waals surface area contributed by atoms with Crippen LogP contribution in [0.15, 0.2) is 52.8 Å². The molecular formula is C18H25IN4OS. The van der Waals surface area contributed by atoms with Gasteiger partial charge in [-0.1, -0.05) is 36.4 Å². The van der Waals surface area contributed by atoms with Crippen molar-refractivity contribution in [2.45, 2.75) is 19.4 Å². The van der Waals surface area contributed by atoms with Gasteiger partial charge in [0.2, 0.25) is 5.91 Å². The van der Waals surface area contributed by atoms with E-state index in [2.05, 4.69) is 38.5 Å². The second-order valence-electron chi connectivity index (χ2n) is 5.27. The van der Waals surface area contributed by atoms with E-state index >= 15 is 0 Å². The number of carbonyl (C=O) groups excluding carboxylic acids is 1. The van der Waals surface area contributed by atoms with Crippen LogP contribution in [0.3, 0.4) is 0 Å². The fourth-order valence-corrected chi connectivity index (χ4v) is 2.87. The van der Waals surface area contributed by atoms with Crippen molar-refractivity contribution < 1.29 is 4.79 Å². The van der Waals surface area contributed by atoms with Crippen LogP contribution in [0.2, 0.25) is 0 Å². The van der Waals surface area contributed by atoms with E-state index in [0.29, 0.717) is 19.5 Å². The highest BCUT2D eigenvalue weighted by Gasteiger charge is 2.03. The van der Waals surface area contributed by atoms with Crippen molar-refractivity contribution in [3.63, 3.8) is 0 Å². The second kappa shape index (κ2) is 12.7. The molecule has 0 bridgehead atoms. The third-order valence-electron chi connectivity index (χ3n) is 3.44. The number of hydrogen-bond acceptors (Lipinski definition) is 3. The van der Waals surface area contributed by atoms with Crippen LogP contribution in [0.25, 0.3) is 0 Å². The van der Waals surface area contributed by atoms with E-state index in [9.17, 15) is 4.79 Å². The molecule has 0 aliphatic heterocycles. The summed E-state index contributed by atoms with van der Waals surface area (Å²) < 4.78 is 0. The van der Waals surface area contributed by atoms with Crippen LogP contribution < -0.4 is 16.0 Å². The van der Waals surface area contributed by atoms with Gasteiger partial charge in [-0.15, -0.1) is 35.3 Å². The number of carbonyl (C=O) groups is 1. The molecule has 3 N–H and O–H groups in total. The standard InChI is InChI=1S/C18H24N4OS.HI/c1-19-18(20-11-9-16-8-5-13-24-16)21-12-10-17(23)22-14-15-6-3-2-4-7-15;/h2-8,13H,9-12,14H2,1H3,(H,22,23)(H2,19,20,21);1H. The van der Waals surface area contributed by atoms with Gasteiger partial charge in [0, 0.05) is 38.0 Å². The average molecular weight is 472 g/mol. The van der Waals surface area contributed by atoms with Crippen LogP contribution in [0, 0.1) is 0 Å². The first-order chi connectivity index (χ1) is 11.8. The number of guanidine groups is 1. The lowest BCUT2D eigenvalue weighted by Gasteiger charge is -2.11. The Morgan fingerprint density at radius 1 is 1.04 bits per heavy atom. The van der Waals surface area contributed by atoms with Gasteiger partial charge in [-0.3, -0.25) is 9.79 Å². The molecule has 0 saturated heterocycles. The van der Waals surface area contributed by atoms with Crippen LogP contribution in [-0.2, 0) is 17.8 Å². The number of hydrogen-bond donors (Lipinski definition) is 3. The normalized spacial score (nSPS) is 10.7. The second-order valence-corrected chi connectivity index (χ2v) is 6.30. The van der Waals surface area contributed by atoms with Gasteiger partial charge in [0.25, 0.3) is 0 Å². The molecule has 0 atom stereocenters. The smallest absolute Gasteiger partial charge is 0.222 e. The summed E-state index contributed by atoms with van der Waals surface area (Å²) in [6, 6.07) is 14.1. The first kappa shape index (κ1) is 21.4. The molecule has 2 rings (SSSR count). The zero-order valence-electron chi connectivity index (χ0n) is 14.3. The molecule has 1 amide bonds. The number of halogens is 1. The largest absolute Gasteiger partial charge is 0.356 e. The van der Waals surface area contributed by atoms with E-state index in [4.69, 9.17) is 0 Å². The Bertz CT molecular complexity index is 632. The van der Waals surface area contributed by atoms with Gasteiger partial charge in [-0.05, 0) is 23.4 Å². The molecule has 0 aliphatic rings. The zero-order chi connectivity index (χ0) is 17.0. The number of nitrogens with one attached hydrogen (secondary N) is 3. The summed E-state index contributed by atoms with van der Waals surface area (Å²) in [5, 5.41) is 11.4. The highest BCUT2D eigenvalue weighted by molar-refractivity contribution is 14.0. The van der Waals surface area contributed by atoms with Crippen molar-refractivity contribution >= 4 is 47.2 Å². The van der Waals surface area contributed by atoms with Crippen LogP contribution in [0.1, 0.15) is 16.9 Å². The van der Waals surface area contributed by atoms with Crippen molar-refractivity contribution in [2.24, 2.45) is 4.99 Å². The fraction of sp³-hybridized carbons (Fsp3) is 0.333. The molecular weight excluding hydrogens is 447 g/mol. The highest BCUT2D eigenvalue weighted by Crippen LogP contribution is 2.07. The third-order valence-corrected chi connectivity index (χ3v) is 4.38. The predicted molar refractivity (Wildman–Crippen MR) is 116 cm³/mol. The number of thiophene rings is 1. The summed E-state index contributed by atoms with van der Waals surface area (Å²) in [5.74, 6) is 0.753. The monoisotopic (exact) mass is 472 g/mol. The van der Waals surface area contributed by atoms with Gasteiger partial charge in [0.05, 0.1) is 0 Å². The first-order valence-corrected chi connectivity index (χ1v) is 8.93. The van der Waals surface area contributed by atoms with Crippen LogP contribution in [0.5, 0.6) is 0 Å². The van der Waals surface area contributed by atoms with E-state index in [1.807, 2.05) is 30.3 Å². The van der Waals surface area contributed by atoms with Crippen molar-refractivity contribution in [1.82, 2.24) is 16.0 Å². The Kier molecular flexibility index (Phi) is 10.9. The van der Waals surface area contributed by atoms with E-state index in [1.54, 1.807) is 18.4 Å². The van der Waals surface area contributed by atoms with E-state index < -0.39 is 0 Å². The Morgan fingerprint density at radius 2 is 1.80 bits per heavy atom. The Morgan fingerprint density at radius 3 is 2.48 bits per heavy atom. The quantitative estimate of drug-likeness (QED) is 0.315. The van der Waals surface area contributed by atoms with Gasteiger partial charge < -0.3 is 16.0 Å². The molecule has 0 radical (unpaired) electrons. The van der Waals surface area contributed by atoms with Crippen molar-refractivity contribution in [3.8, 4) is 0 Å². The number of amides is 1. The molecule has 2 aromatic rings. The molecule has 25 heavy (non-hydrogen) atoms. The van der Waals surface area contributed by atoms with Gasteiger partial charge in [-0.25, -0.2) is 0 Å². The molecule has 1 heterocycles. The van der Waals surface area contributed by atoms with Crippen LogP contribution >= 0.6 is 35.3 Å². The minimum atomic E-state index is 0. The third kappa shape index (κ3) is 8.87. The summed E-state index contributed by atoms with van der Waals surface area (Å²) in [6.07, 6.45) is 1.38. The van der Waals surface area contributed by atoms with Gasteiger partial charge in [0.1, 0.15) is 0 Å². The molecule has 1 aromatic carbocycles. The Labute approximate surface area is 170 Å². The lowest BCUT2D eigenvalue weighted by Crippen LogP contribution is -2.40. The Balaban J connectivity index is 0.00000312. The summed E-state index contributed by atoms with van der Waals surface area (Å²) in [4.78, 5) is 17.4. The van der Waals surface area contributed by atoms with Crippen molar-refractivity contribution in [2.75, 3.05) is 20.1 Å². The van der Waals surface area contributed by atoms with Crippen LogP contribution in [-0.4, -0.2) is 32.0 Å². The highest BCUT2D eigenvalue weighted by atomic mass is 127. The number of aliphatic imine (C=N–C) groups is 1. The topological polar surface area (TPSA) is 65.5 Å². The number of rotatable bonds is 8. The summed E-state index contributed by atoms with van der Waals surface area (Å²) in [6.45, 7) is 1.94. The maximum Gasteiger partial charge on any atom is 0.222 e.